The Morgan fingerprint density at radius 1 is 1.25 bits per heavy atom. The first-order valence-electron chi connectivity index (χ1n) is 5.06. The number of hydrogen-bond acceptors (Lipinski definition) is 6. The van der Waals surface area contributed by atoms with Gasteiger partial charge in [-0.25, -0.2) is 4.98 Å². The molecular formula is C10H13N5O. The highest BCUT2D eigenvalue weighted by Gasteiger charge is 2.02. The average molecular weight is 219 g/mol. The van der Waals surface area contributed by atoms with Gasteiger partial charge in [0.15, 0.2) is 5.82 Å². The van der Waals surface area contributed by atoms with Crippen LogP contribution in [0.3, 0.4) is 0 Å². The molecule has 0 unspecified atom stereocenters. The SMILES string of the molecule is Cc1cncc(NCCc2nc(C)no2)n1. The lowest BCUT2D eigenvalue weighted by Crippen LogP contribution is -2.07. The summed E-state index contributed by atoms with van der Waals surface area (Å²) in [4.78, 5) is 12.4. The van der Waals surface area contributed by atoms with Crippen LogP contribution >= 0.6 is 0 Å². The first-order valence-corrected chi connectivity index (χ1v) is 5.06. The highest BCUT2D eigenvalue weighted by molar-refractivity contribution is 5.31. The summed E-state index contributed by atoms with van der Waals surface area (Å²) in [5.74, 6) is 2.05. The number of aromatic nitrogens is 4. The zero-order valence-corrected chi connectivity index (χ0v) is 9.27. The van der Waals surface area contributed by atoms with E-state index in [9.17, 15) is 0 Å². The maximum Gasteiger partial charge on any atom is 0.228 e. The normalized spacial score (nSPS) is 10.4. The fourth-order valence-corrected chi connectivity index (χ4v) is 1.29. The van der Waals surface area contributed by atoms with Crippen LogP contribution in [-0.2, 0) is 6.42 Å². The Morgan fingerprint density at radius 2 is 2.12 bits per heavy atom. The highest BCUT2D eigenvalue weighted by Crippen LogP contribution is 2.02. The first kappa shape index (κ1) is 10.5. The van der Waals surface area contributed by atoms with Gasteiger partial charge in [-0.05, 0) is 13.8 Å². The monoisotopic (exact) mass is 219 g/mol. The van der Waals surface area contributed by atoms with E-state index in [1.807, 2.05) is 6.92 Å². The molecule has 84 valence electrons. The highest BCUT2D eigenvalue weighted by atomic mass is 16.5. The summed E-state index contributed by atoms with van der Waals surface area (Å²) in [6, 6.07) is 0. The summed E-state index contributed by atoms with van der Waals surface area (Å²) >= 11 is 0. The first-order chi connectivity index (χ1) is 7.74. The molecule has 2 heterocycles. The third kappa shape index (κ3) is 2.75. The predicted molar refractivity (Wildman–Crippen MR) is 58.0 cm³/mol. The van der Waals surface area contributed by atoms with Crippen molar-refractivity contribution in [3.05, 3.63) is 29.8 Å². The lowest BCUT2D eigenvalue weighted by atomic mass is 10.4. The van der Waals surface area contributed by atoms with Gasteiger partial charge in [-0.2, -0.15) is 4.98 Å². The molecule has 0 spiro atoms. The summed E-state index contributed by atoms with van der Waals surface area (Å²) in [5, 5.41) is 6.86. The lowest BCUT2D eigenvalue weighted by Gasteiger charge is -2.02. The van der Waals surface area contributed by atoms with Gasteiger partial charge in [0.25, 0.3) is 0 Å². The smallest absolute Gasteiger partial charge is 0.228 e. The molecule has 0 aliphatic rings. The van der Waals surface area contributed by atoms with Crippen molar-refractivity contribution >= 4 is 5.82 Å². The Bertz CT molecular complexity index is 468. The second-order valence-electron chi connectivity index (χ2n) is 3.46. The largest absolute Gasteiger partial charge is 0.368 e. The average Bonchev–Trinajstić information content (AvgIpc) is 2.64. The molecule has 0 atom stereocenters. The fourth-order valence-electron chi connectivity index (χ4n) is 1.29. The zero-order valence-electron chi connectivity index (χ0n) is 9.27. The zero-order chi connectivity index (χ0) is 11.4. The third-order valence-electron chi connectivity index (χ3n) is 1.97. The molecule has 16 heavy (non-hydrogen) atoms. The van der Waals surface area contributed by atoms with E-state index in [1.54, 1.807) is 19.3 Å². The van der Waals surface area contributed by atoms with E-state index >= 15 is 0 Å². The van der Waals surface area contributed by atoms with E-state index < -0.39 is 0 Å². The van der Waals surface area contributed by atoms with Gasteiger partial charge in [-0.1, -0.05) is 5.16 Å². The molecule has 0 amide bonds. The van der Waals surface area contributed by atoms with Crippen LogP contribution in [0.2, 0.25) is 0 Å². The number of rotatable bonds is 4. The molecule has 2 rings (SSSR count). The number of hydrogen-bond donors (Lipinski definition) is 1. The van der Waals surface area contributed by atoms with Gasteiger partial charge >= 0.3 is 0 Å². The van der Waals surface area contributed by atoms with Crippen molar-refractivity contribution in [3.63, 3.8) is 0 Å². The maximum atomic E-state index is 4.99. The molecule has 0 radical (unpaired) electrons. The molecule has 0 aromatic carbocycles. The Morgan fingerprint density at radius 3 is 2.81 bits per heavy atom. The van der Waals surface area contributed by atoms with Crippen LogP contribution < -0.4 is 5.32 Å². The van der Waals surface area contributed by atoms with Crippen LogP contribution in [0.25, 0.3) is 0 Å². The van der Waals surface area contributed by atoms with Crippen LogP contribution in [-0.4, -0.2) is 26.7 Å². The van der Waals surface area contributed by atoms with Crippen molar-refractivity contribution in [2.45, 2.75) is 20.3 Å². The Kier molecular flexibility index (Phi) is 3.09. The van der Waals surface area contributed by atoms with Crippen molar-refractivity contribution in [3.8, 4) is 0 Å². The third-order valence-corrected chi connectivity index (χ3v) is 1.97. The van der Waals surface area contributed by atoms with E-state index in [-0.39, 0.29) is 0 Å². The van der Waals surface area contributed by atoms with Crippen LogP contribution in [0, 0.1) is 13.8 Å². The van der Waals surface area contributed by atoms with Gasteiger partial charge < -0.3 is 9.84 Å². The summed E-state index contributed by atoms with van der Waals surface area (Å²) < 4.78 is 4.99. The standard InChI is InChI=1S/C10H13N5O/c1-7-5-11-6-9(13-7)12-4-3-10-14-8(2)15-16-10/h5-6H,3-4H2,1-2H3,(H,12,13). The molecule has 0 saturated heterocycles. The van der Waals surface area contributed by atoms with Crippen molar-refractivity contribution in [1.82, 2.24) is 20.1 Å². The van der Waals surface area contributed by atoms with Gasteiger partial charge in [-0.15, -0.1) is 0 Å². The summed E-state index contributed by atoms with van der Waals surface area (Å²) in [6.45, 7) is 4.39. The molecule has 6 heteroatoms. The molecule has 0 aliphatic carbocycles. The summed E-state index contributed by atoms with van der Waals surface area (Å²) in [6.07, 6.45) is 4.08. The van der Waals surface area contributed by atoms with Crippen molar-refractivity contribution < 1.29 is 4.52 Å². The van der Waals surface area contributed by atoms with E-state index in [1.165, 1.54) is 0 Å². The maximum absolute atomic E-state index is 4.99. The molecule has 0 fully saturated rings. The summed E-state index contributed by atoms with van der Waals surface area (Å²) in [7, 11) is 0. The van der Waals surface area contributed by atoms with Crippen molar-refractivity contribution in [2.24, 2.45) is 0 Å². The number of anilines is 1. The topological polar surface area (TPSA) is 76.7 Å². The molecule has 6 nitrogen and oxygen atoms in total. The Balaban J connectivity index is 1.84. The van der Waals surface area contributed by atoms with E-state index in [4.69, 9.17) is 4.52 Å². The molecular weight excluding hydrogens is 206 g/mol. The van der Waals surface area contributed by atoms with E-state index in [0.29, 0.717) is 24.7 Å². The van der Waals surface area contributed by atoms with Crippen molar-refractivity contribution in [2.75, 3.05) is 11.9 Å². The van der Waals surface area contributed by atoms with E-state index in [2.05, 4.69) is 25.4 Å². The van der Waals surface area contributed by atoms with Crippen LogP contribution in [0.1, 0.15) is 17.4 Å². The number of nitrogens with zero attached hydrogens (tertiary/aromatic N) is 4. The quantitative estimate of drug-likeness (QED) is 0.830. The van der Waals surface area contributed by atoms with Gasteiger partial charge in [0.2, 0.25) is 5.89 Å². The molecule has 1 N–H and O–H groups in total. The molecule has 2 aromatic heterocycles. The predicted octanol–water partition coefficient (Wildman–Crippen LogP) is 1.13. The fraction of sp³-hybridized carbons (Fsp3) is 0.400. The molecule has 2 aromatic rings. The van der Waals surface area contributed by atoms with Crippen LogP contribution in [0.5, 0.6) is 0 Å². The second-order valence-corrected chi connectivity index (χ2v) is 3.46. The van der Waals surface area contributed by atoms with Gasteiger partial charge in [-0.3, -0.25) is 4.98 Å². The Hall–Kier alpha value is -1.98. The number of nitrogens with one attached hydrogen (secondary N) is 1. The van der Waals surface area contributed by atoms with Gasteiger partial charge in [0, 0.05) is 19.2 Å². The van der Waals surface area contributed by atoms with Gasteiger partial charge in [0.05, 0.1) is 11.9 Å². The lowest BCUT2D eigenvalue weighted by molar-refractivity contribution is 0.377. The second kappa shape index (κ2) is 4.69. The molecule has 0 bridgehead atoms. The minimum absolute atomic E-state index is 0.630. The molecule has 0 saturated carbocycles. The van der Waals surface area contributed by atoms with Crippen LogP contribution in [0.4, 0.5) is 5.82 Å². The van der Waals surface area contributed by atoms with Gasteiger partial charge in [0.1, 0.15) is 5.82 Å². The number of aryl methyl sites for hydroxylation is 2. The minimum Gasteiger partial charge on any atom is -0.368 e. The molecule has 0 aliphatic heterocycles. The summed E-state index contributed by atoms with van der Waals surface area (Å²) in [5.41, 5.74) is 0.888. The minimum atomic E-state index is 0.630. The Labute approximate surface area is 93.1 Å². The van der Waals surface area contributed by atoms with Crippen LogP contribution in [0.15, 0.2) is 16.9 Å². The van der Waals surface area contributed by atoms with Crippen molar-refractivity contribution in [1.29, 1.82) is 0 Å². The van der Waals surface area contributed by atoms with E-state index in [0.717, 1.165) is 11.5 Å².